The van der Waals surface area contributed by atoms with Gasteiger partial charge in [0.25, 0.3) is 0 Å². The number of rotatable bonds is 1. The van der Waals surface area contributed by atoms with E-state index < -0.39 is 39.2 Å². The number of carbonyl (C=O) groups excluding carboxylic acids is 2. The molecular formula is C21H27FO4S. The third-order valence-corrected chi connectivity index (χ3v) is 8.89. The fourth-order valence-electron chi connectivity index (χ4n) is 7.00. The molecule has 4 aliphatic carbocycles. The molecular weight excluding hydrogens is 367 g/mol. The van der Waals surface area contributed by atoms with Crippen LogP contribution in [-0.4, -0.2) is 38.5 Å². The summed E-state index contributed by atoms with van der Waals surface area (Å²) in [4.78, 5) is 24.1. The summed E-state index contributed by atoms with van der Waals surface area (Å²) in [6, 6.07) is 0. The number of aliphatic hydroxyl groups excluding tert-OH is 1. The number of aliphatic hydroxyl groups is 2. The van der Waals surface area contributed by atoms with Gasteiger partial charge in [-0.2, -0.15) is 0 Å². The standard InChI is InChI=1S/C21H27FO4S/c1-11-8-15-14-5-4-12-9-13(23)6-7-18(12,2)20(14,22)16(24)10-19(15,3)21(11,26)17(25)27/h6-7,9,11,14-16,24,26H,4-5,8,10H2,1-3H3,(H,25,27)/t11-,14+,15+,16+,18+,19+,20+,21+/m1/s1. The first-order valence-corrected chi connectivity index (χ1v) is 10.1. The third-order valence-electron chi connectivity index (χ3n) is 8.55. The van der Waals surface area contributed by atoms with Crippen molar-refractivity contribution in [2.45, 2.75) is 63.8 Å². The number of ketones is 1. The molecule has 2 N–H and O–H groups in total. The highest BCUT2D eigenvalue weighted by molar-refractivity contribution is 7.96. The van der Waals surface area contributed by atoms with E-state index in [1.807, 2.05) is 0 Å². The summed E-state index contributed by atoms with van der Waals surface area (Å²) in [5.74, 6) is -1.26. The molecule has 0 radical (unpaired) electrons. The van der Waals surface area contributed by atoms with Gasteiger partial charge in [-0.1, -0.05) is 25.5 Å². The van der Waals surface area contributed by atoms with Gasteiger partial charge in [0.1, 0.15) is 5.60 Å². The lowest BCUT2D eigenvalue weighted by atomic mass is 9.45. The van der Waals surface area contributed by atoms with E-state index in [0.717, 1.165) is 5.57 Å². The Morgan fingerprint density at radius 3 is 2.63 bits per heavy atom. The molecule has 0 aromatic rings. The first-order valence-electron chi connectivity index (χ1n) is 9.70. The molecule has 0 amide bonds. The van der Waals surface area contributed by atoms with Crippen molar-refractivity contribution < 1.29 is 24.2 Å². The summed E-state index contributed by atoms with van der Waals surface area (Å²) in [6.45, 7) is 5.36. The van der Waals surface area contributed by atoms with E-state index in [4.69, 9.17) is 0 Å². The summed E-state index contributed by atoms with van der Waals surface area (Å²) in [6.07, 6.45) is 4.71. The molecule has 27 heavy (non-hydrogen) atoms. The van der Waals surface area contributed by atoms with Gasteiger partial charge in [-0.25, -0.2) is 4.39 Å². The zero-order valence-electron chi connectivity index (χ0n) is 15.9. The van der Waals surface area contributed by atoms with Crippen LogP contribution in [0.5, 0.6) is 0 Å². The molecule has 3 fully saturated rings. The van der Waals surface area contributed by atoms with Crippen LogP contribution in [0, 0.1) is 28.6 Å². The predicted octanol–water partition coefficient (Wildman–Crippen LogP) is 2.79. The highest BCUT2D eigenvalue weighted by Gasteiger charge is 2.75. The minimum atomic E-state index is -1.94. The fraction of sp³-hybridized carbons (Fsp3) is 0.714. The average Bonchev–Trinajstić information content (AvgIpc) is 2.79. The van der Waals surface area contributed by atoms with Crippen LogP contribution in [0.4, 0.5) is 4.39 Å². The van der Waals surface area contributed by atoms with E-state index >= 15 is 4.39 Å². The van der Waals surface area contributed by atoms with Crippen molar-refractivity contribution in [3.8, 4) is 0 Å². The third kappa shape index (κ3) is 2.02. The Bertz CT molecular complexity index is 793. The molecule has 4 aliphatic rings. The number of hydrogen-bond donors (Lipinski definition) is 3. The second-order valence-electron chi connectivity index (χ2n) is 9.47. The second-order valence-corrected chi connectivity index (χ2v) is 9.88. The Morgan fingerprint density at radius 2 is 2.00 bits per heavy atom. The lowest BCUT2D eigenvalue weighted by molar-refractivity contribution is -0.216. The van der Waals surface area contributed by atoms with Crippen molar-refractivity contribution in [2.75, 3.05) is 0 Å². The second kappa shape index (κ2) is 5.55. The molecule has 0 bridgehead atoms. The van der Waals surface area contributed by atoms with Crippen LogP contribution in [0.3, 0.4) is 0 Å². The van der Waals surface area contributed by atoms with E-state index in [1.165, 1.54) is 12.2 Å². The first-order chi connectivity index (χ1) is 12.4. The van der Waals surface area contributed by atoms with Crippen molar-refractivity contribution >= 4 is 23.5 Å². The largest absolute Gasteiger partial charge is 0.390 e. The Balaban J connectivity index is 1.85. The highest BCUT2D eigenvalue weighted by atomic mass is 32.1. The fourth-order valence-corrected chi connectivity index (χ4v) is 7.48. The summed E-state index contributed by atoms with van der Waals surface area (Å²) in [5, 5.41) is 21.8. The number of fused-ring (bicyclic) bond motifs is 5. The van der Waals surface area contributed by atoms with Gasteiger partial charge in [0.15, 0.2) is 11.5 Å². The van der Waals surface area contributed by atoms with E-state index in [-0.39, 0.29) is 24.0 Å². The van der Waals surface area contributed by atoms with Crippen LogP contribution in [0.1, 0.15) is 46.5 Å². The Kier molecular flexibility index (Phi) is 3.97. The van der Waals surface area contributed by atoms with Gasteiger partial charge >= 0.3 is 0 Å². The minimum absolute atomic E-state index is 0.0114. The summed E-state index contributed by atoms with van der Waals surface area (Å²) >= 11 is 3.96. The Hall–Kier alpha value is -0.980. The summed E-state index contributed by atoms with van der Waals surface area (Å²) in [5.41, 5.74) is -4.89. The van der Waals surface area contributed by atoms with Crippen LogP contribution < -0.4 is 0 Å². The molecule has 148 valence electrons. The molecule has 0 heterocycles. The molecule has 0 spiro atoms. The lowest BCUT2D eigenvalue weighted by Crippen LogP contribution is -2.69. The van der Waals surface area contributed by atoms with E-state index in [0.29, 0.717) is 19.3 Å². The van der Waals surface area contributed by atoms with Crippen molar-refractivity contribution in [1.29, 1.82) is 0 Å². The summed E-state index contributed by atoms with van der Waals surface area (Å²) in [7, 11) is 0. The minimum Gasteiger partial charge on any atom is -0.390 e. The molecule has 0 unspecified atom stereocenters. The van der Waals surface area contributed by atoms with E-state index in [9.17, 15) is 19.8 Å². The summed E-state index contributed by atoms with van der Waals surface area (Å²) < 4.78 is 16.8. The van der Waals surface area contributed by atoms with E-state index in [1.54, 1.807) is 26.8 Å². The number of halogens is 1. The maximum absolute atomic E-state index is 16.8. The maximum atomic E-state index is 16.8. The van der Waals surface area contributed by atoms with Gasteiger partial charge in [0.2, 0.25) is 5.12 Å². The van der Waals surface area contributed by atoms with Crippen molar-refractivity contribution in [2.24, 2.45) is 28.6 Å². The van der Waals surface area contributed by atoms with Gasteiger partial charge in [0.05, 0.1) is 6.10 Å². The average molecular weight is 395 g/mol. The lowest BCUT2D eigenvalue weighted by Gasteiger charge is -2.62. The SMILES string of the molecule is C[C@@H]1C[C@H]2[C@@H]3CCC4=CC(=O)C=C[C@]4(C)[C@@]3(F)[C@@H](O)C[C@]2(C)[C@@]1(O)C(=O)S. The molecule has 0 saturated heterocycles. The number of alkyl halides is 1. The molecule has 8 atom stereocenters. The van der Waals surface area contributed by atoms with Crippen LogP contribution in [-0.2, 0) is 9.59 Å². The van der Waals surface area contributed by atoms with E-state index in [2.05, 4.69) is 12.6 Å². The van der Waals surface area contributed by atoms with Gasteiger partial charge < -0.3 is 10.2 Å². The smallest absolute Gasteiger partial charge is 0.218 e. The topological polar surface area (TPSA) is 74.6 Å². The molecule has 4 rings (SSSR count). The van der Waals surface area contributed by atoms with Crippen LogP contribution in [0.25, 0.3) is 0 Å². The quantitative estimate of drug-likeness (QED) is 0.598. The molecule has 0 aromatic heterocycles. The number of carbonyl (C=O) groups is 2. The maximum Gasteiger partial charge on any atom is 0.218 e. The molecule has 4 nitrogen and oxygen atoms in total. The van der Waals surface area contributed by atoms with Gasteiger partial charge in [-0.05, 0) is 56.6 Å². The van der Waals surface area contributed by atoms with Crippen LogP contribution in [0.2, 0.25) is 0 Å². The normalized spacial score (nSPS) is 54.0. The monoisotopic (exact) mass is 394 g/mol. The Labute approximate surface area is 164 Å². The van der Waals surface area contributed by atoms with Crippen LogP contribution >= 0.6 is 12.6 Å². The van der Waals surface area contributed by atoms with Crippen molar-refractivity contribution in [3.63, 3.8) is 0 Å². The number of hydrogen-bond acceptors (Lipinski definition) is 4. The molecule has 0 aliphatic heterocycles. The number of allylic oxidation sites excluding steroid dienone is 4. The molecule has 0 aromatic carbocycles. The van der Waals surface area contributed by atoms with Crippen LogP contribution in [0.15, 0.2) is 23.8 Å². The van der Waals surface area contributed by atoms with Gasteiger partial charge in [-0.3, -0.25) is 9.59 Å². The van der Waals surface area contributed by atoms with Crippen molar-refractivity contribution in [1.82, 2.24) is 0 Å². The van der Waals surface area contributed by atoms with Gasteiger partial charge in [-0.15, -0.1) is 12.6 Å². The van der Waals surface area contributed by atoms with Gasteiger partial charge in [0, 0.05) is 16.7 Å². The molecule has 6 heteroatoms. The van der Waals surface area contributed by atoms with Crippen molar-refractivity contribution in [3.05, 3.63) is 23.8 Å². The highest BCUT2D eigenvalue weighted by Crippen LogP contribution is 2.70. The molecule has 3 saturated carbocycles. The zero-order chi connectivity index (χ0) is 20.0. The predicted molar refractivity (Wildman–Crippen MR) is 102 cm³/mol. The first kappa shape index (κ1) is 19.3. The Morgan fingerprint density at radius 1 is 1.33 bits per heavy atom. The zero-order valence-corrected chi connectivity index (χ0v) is 16.8. The number of thiol groups is 1.